The number of benzene rings is 1. The number of aliphatic imine (C=N–C) groups is 1. The first-order chi connectivity index (χ1) is 10.7. The molecule has 1 N–H and O–H groups in total. The van der Waals surface area contributed by atoms with Gasteiger partial charge in [0, 0.05) is 20.6 Å². The summed E-state index contributed by atoms with van der Waals surface area (Å²) in [5.41, 5.74) is 1.30. The molecule has 0 aliphatic rings. The van der Waals surface area contributed by atoms with E-state index in [4.69, 9.17) is 4.74 Å². The van der Waals surface area contributed by atoms with Crippen LogP contribution in [0, 0.1) is 0 Å². The van der Waals surface area contributed by atoms with Crippen LogP contribution < -0.4 is 10.1 Å². The van der Waals surface area contributed by atoms with Gasteiger partial charge in [-0.05, 0) is 41.4 Å². The first-order valence-corrected chi connectivity index (χ1v) is 8.28. The monoisotopic (exact) mass is 445 g/mol. The lowest BCUT2D eigenvalue weighted by atomic mass is 10.3. The standard InChI is InChI=1S/C17H23N3OS.HI/c1-14(21-16-7-5-4-6-8-16)11-19-17(18-2)20(3)12-15-9-10-22-13-15;/h4-10,13-14H,11-12H2,1-3H3,(H,18,19);1H. The molecule has 2 rings (SSSR count). The van der Waals surface area contributed by atoms with Crippen LogP contribution in [-0.2, 0) is 6.54 Å². The fourth-order valence-electron chi connectivity index (χ4n) is 2.12. The van der Waals surface area contributed by atoms with Crippen LogP contribution in [0.5, 0.6) is 5.75 Å². The molecular weight excluding hydrogens is 421 g/mol. The van der Waals surface area contributed by atoms with Crippen molar-refractivity contribution in [2.75, 3.05) is 20.6 Å². The molecule has 0 amide bonds. The molecule has 126 valence electrons. The molecule has 0 radical (unpaired) electrons. The summed E-state index contributed by atoms with van der Waals surface area (Å²) < 4.78 is 5.86. The molecule has 0 bridgehead atoms. The van der Waals surface area contributed by atoms with Gasteiger partial charge < -0.3 is 15.0 Å². The summed E-state index contributed by atoms with van der Waals surface area (Å²) in [4.78, 5) is 6.44. The Morgan fingerprint density at radius 3 is 2.65 bits per heavy atom. The molecule has 0 aliphatic heterocycles. The average Bonchev–Trinajstić information content (AvgIpc) is 3.01. The van der Waals surface area contributed by atoms with Gasteiger partial charge in [-0.1, -0.05) is 18.2 Å². The van der Waals surface area contributed by atoms with Crippen LogP contribution in [0.2, 0.25) is 0 Å². The summed E-state index contributed by atoms with van der Waals surface area (Å²) in [7, 11) is 3.84. The summed E-state index contributed by atoms with van der Waals surface area (Å²) in [6, 6.07) is 12.0. The highest BCUT2D eigenvalue weighted by molar-refractivity contribution is 14.0. The predicted molar refractivity (Wildman–Crippen MR) is 109 cm³/mol. The zero-order chi connectivity index (χ0) is 15.8. The number of rotatable bonds is 6. The Balaban J connectivity index is 0.00000264. The number of halogens is 1. The van der Waals surface area contributed by atoms with Crippen LogP contribution in [0.3, 0.4) is 0 Å². The minimum atomic E-state index is 0. The van der Waals surface area contributed by atoms with E-state index in [1.807, 2.05) is 44.3 Å². The van der Waals surface area contributed by atoms with Gasteiger partial charge in [-0.25, -0.2) is 0 Å². The molecular formula is C17H24IN3OS. The Hall–Kier alpha value is -1.28. The Morgan fingerprint density at radius 2 is 2.04 bits per heavy atom. The summed E-state index contributed by atoms with van der Waals surface area (Å²) in [6.07, 6.45) is 0.0636. The number of hydrogen-bond donors (Lipinski definition) is 1. The molecule has 1 unspecified atom stereocenters. The molecule has 4 nitrogen and oxygen atoms in total. The highest BCUT2D eigenvalue weighted by atomic mass is 127. The third-order valence-corrected chi connectivity index (χ3v) is 3.93. The smallest absolute Gasteiger partial charge is 0.193 e. The lowest BCUT2D eigenvalue weighted by Gasteiger charge is -2.23. The third-order valence-electron chi connectivity index (χ3n) is 3.20. The van der Waals surface area contributed by atoms with Crippen LogP contribution in [0.1, 0.15) is 12.5 Å². The molecule has 0 saturated carbocycles. The SMILES string of the molecule is CN=C(NCC(C)Oc1ccccc1)N(C)Cc1ccsc1.I. The van der Waals surface area contributed by atoms with Crippen LogP contribution >= 0.6 is 35.3 Å². The first-order valence-electron chi connectivity index (χ1n) is 7.33. The van der Waals surface area contributed by atoms with Crippen LogP contribution in [0.15, 0.2) is 52.2 Å². The third kappa shape index (κ3) is 6.78. The summed E-state index contributed by atoms with van der Waals surface area (Å²) in [5, 5.41) is 7.61. The van der Waals surface area contributed by atoms with Crippen molar-refractivity contribution in [1.82, 2.24) is 10.2 Å². The highest BCUT2D eigenvalue weighted by Gasteiger charge is 2.09. The normalized spacial score (nSPS) is 12.2. The number of para-hydroxylation sites is 1. The van der Waals surface area contributed by atoms with E-state index in [0.29, 0.717) is 6.54 Å². The molecule has 1 aromatic heterocycles. The summed E-state index contributed by atoms with van der Waals surface area (Å²) in [6.45, 7) is 3.60. The molecule has 23 heavy (non-hydrogen) atoms. The van der Waals surface area contributed by atoms with E-state index in [1.54, 1.807) is 18.4 Å². The molecule has 0 spiro atoms. The lowest BCUT2D eigenvalue weighted by molar-refractivity contribution is 0.222. The van der Waals surface area contributed by atoms with Gasteiger partial charge in [0.05, 0.1) is 6.54 Å². The van der Waals surface area contributed by atoms with Gasteiger partial charge in [0.15, 0.2) is 5.96 Å². The van der Waals surface area contributed by atoms with Gasteiger partial charge >= 0.3 is 0 Å². The van der Waals surface area contributed by atoms with Crippen molar-refractivity contribution in [3.63, 3.8) is 0 Å². The Kier molecular flexibility index (Phi) is 9.01. The summed E-state index contributed by atoms with van der Waals surface area (Å²) in [5.74, 6) is 1.76. The number of nitrogens with one attached hydrogen (secondary N) is 1. The topological polar surface area (TPSA) is 36.9 Å². The van der Waals surface area contributed by atoms with Gasteiger partial charge in [-0.15, -0.1) is 24.0 Å². The number of thiophene rings is 1. The van der Waals surface area contributed by atoms with Crippen molar-refractivity contribution in [3.8, 4) is 5.75 Å². The molecule has 1 atom stereocenters. The van der Waals surface area contributed by atoms with Gasteiger partial charge in [-0.3, -0.25) is 4.99 Å². The molecule has 0 fully saturated rings. The maximum atomic E-state index is 5.86. The average molecular weight is 445 g/mol. The van der Waals surface area contributed by atoms with E-state index in [2.05, 4.69) is 32.0 Å². The molecule has 6 heteroatoms. The second kappa shape index (κ2) is 10.5. The van der Waals surface area contributed by atoms with Crippen molar-refractivity contribution in [2.45, 2.75) is 19.6 Å². The zero-order valence-electron chi connectivity index (χ0n) is 13.7. The van der Waals surface area contributed by atoms with Gasteiger partial charge in [0.25, 0.3) is 0 Å². The van der Waals surface area contributed by atoms with Crippen molar-refractivity contribution in [3.05, 3.63) is 52.7 Å². The molecule has 1 heterocycles. The van der Waals surface area contributed by atoms with Crippen molar-refractivity contribution < 1.29 is 4.74 Å². The van der Waals surface area contributed by atoms with E-state index in [9.17, 15) is 0 Å². The second-order valence-corrected chi connectivity index (χ2v) is 5.94. The minimum Gasteiger partial charge on any atom is -0.489 e. The van der Waals surface area contributed by atoms with Gasteiger partial charge in [0.2, 0.25) is 0 Å². The van der Waals surface area contributed by atoms with Crippen LogP contribution in [0.4, 0.5) is 0 Å². The van der Waals surface area contributed by atoms with E-state index in [0.717, 1.165) is 18.3 Å². The number of nitrogens with zero attached hydrogens (tertiary/aromatic N) is 2. The van der Waals surface area contributed by atoms with Crippen molar-refractivity contribution in [2.24, 2.45) is 4.99 Å². The van der Waals surface area contributed by atoms with E-state index in [1.165, 1.54) is 5.56 Å². The van der Waals surface area contributed by atoms with E-state index >= 15 is 0 Å². The first kappa shape index (κ1) is 19.8. The minimum absolute atomic E-state index is 0. The molecule has 1 aromatic carbocycles. The largest absolute Gasteiger partial charge is 0.489 e. The predicted octanol–water partition coefficient (Wildman–Crippen LogP) is 3.84. The fraction of sp³-hybridized carbons (Fsp3) is 0.353. The maximum Gasteiger partial charge on any atom is 0.193 e. The number of guanidine groups is 1. The highest BCUT2D eigenvalue weighted by Crippen LogP contribution is 2.11. The van der Waals surface area contributed by atoms with E-state index < -0.39 is 0 Å². The van der Waals surface area contributed by atoms with Gasteiger partial charge in [-0.2, -0.15) is 11.3 Å². The quantitative estimate of drug-likeness (QED) is 0.417. The maximum absolute atomic E-state index is 5.86. The Labute approximate surface area is 159 Å². The molecule has 0 saturated heterocycles. The van der Waals surface area contributed by atoms with E-state index in [-0.39, 0.29) is 30.1 Å². The zero-order valence-corrected chi connectivity index (χ0v) is 16.9. The van der Waals surface area contributed by atoms with Crippen LogP contribution in [0.25, 0.3) is 0 Å². The fourth-order valence-corrected chi connectivity index (χ4v) is 2.78. The second-order valence-electron chi connectivity index (χ2n) is 5.16. The number of ether oxygens (including phenoxy) is 1. The van der Waals surface area contributed by atoms with Gasteiger partial charge in [0.1, 0.15) is 11.9 Å². The summed E-state index contributed by atoms with van der Waals surface area (Å²) >= 11 is 1.71. The lowest BCUT2D eigenvalue weighted by Crippen LogP contribution is -2.42. The number of hydrogen-bond acceptors (Lipinski definition) is 3. The molecule has 2 aromatic rings. The molecule has 0 aliphatic carbocycles. The Morgan fingerprint density at radius 1 is 1.30 bits per heavy atom. The Bertz CT molecular complexity index is 575. The van der Waals surface area contributed by atoms with Crippen LogP contribution in [-0.4, -0.2) is 37.6 Å². The van der Waals surface area contributed by atoms with Crippen molar-refractivity contribution in [1.29, 1.82) is 0 Å². The van der Waals surface area contributed by atoms with Crippen molar-refractivity contribution >= 4 is 41.3 Å².